The molecule has 1 unspecified atom stereocenters. The van der Waals surface area contributed by atoms with Gasteiger partial charge in [0.2, 0.25) is 5.91 Å². The number of amides is 1. The molecule has 3 fully saturated rings. The van der Waals surface area contributed by atoms with Crippen LogP contribution < -0.4 is 0 Å². The van der Waals surface area contributed by atoms with E-state index in [0.29, 0.717) is 18.4 Å². The van der Waals surface area contributed by atoms with Gasteiger partial charge in [0.25, 0.3) is 0 Å². The van der Waals surface area contributed by atoms with Gasteiger partial charge in [-0.3, -0.25) is 4.79 Å². The molecule has 1 saturated heterocycles. The highest BCUT2D eigenvalue weighted by Gasteiger charge is 2.23. The van der Waals surface area contributed by atoms with E-state index in [1.807, 2.05) is 11.8 Å². The first-order valence-corrected chi connectivity index (χ1v) is 9.05. The Labute approximate surface area is 126 Å². The van der Waals surface area contributed by atoms with Gasteiger partial charge in [-0.05, 0) is 19.8 Å². The van der Waals surface area contributed by atoms with E-state index >= 15 is 0 Å². The van der Waals surface area contributed by atoms with E-state index in [9.17, 15) is 4.79 Å². The second-order valence-corrected chi connectivity index (χ2v) is 6.47. The van der Waals surface area contributed by atoms with Gasteiger partial charge >= 0.3 is 0 Å². The van der Waals surface area contributed by atoms with Crippen molar-refractivity contribution in [3.63, 3.8) is 0 Å². The van der Waals surface area contributed by atoms with E-state index in [-0.39, 0.29) is 0 Å². The van der Waals surface area contributed by atoms with E-state index in [1.54, 1.807) is 0 Å². The Morgan fingerprint density at radius 2 is 1.25 bits per heavy atom. The average molecular weight is 281 g/mol. The lowest BCUT2D eigenvalue weighted by Gasteiger charge is -2.20. The molecule has 0 aromatic heterocycles. The zero-order chi connectivity index (χ0) is 14.6. The molecule has 0 aromatic carbocycles. The standard InChI is InChI=1S/C8H15NO.2C5H10/c1-3-8(10)9-6-4-5-7(9)2;2*1-2-4-5-3-1/h7H,3-6H2,1-2H3;2*1-5H2. The van der Waals surface area contributed by atoms with Crippen LogP contribution in [0.4, 0.5) is 0 Å². The van der Waals surface area contributed by atoms with Crippen molar-refractivity contribution in [3.8, 4) is 0 Å². The lowest BCUT2D eigenvalue weighted by Crippen LogP contribution is -2.32. The molecule has 0 spiro atoms. The molecule has 20 heavy (non-hydrogen) atoms. The third-order valence-electron chi connectivity index (χ3n) is 4.68. The highest BCUT2D eigenvalue weighted by atomic mass is 16.2. The normalized spacial score (nSPS) is 24.7. The second kappa shape index (κ2) is 11.2. The van der Waals surface area contributed by atoms with Crippen LogP contribution in [0.15, 0.2) is 0 Å². The lowest BCUT2D eigenvalue weighted by molar-refractivity contribution is -0.131. The Kier molecular flexibility index (Phi) is 9.78. The summed E-state index contributed by atoms with van der Waals surface area (Å²) in [4.78, 5) is 13.1. The quantitative estimate of drug-likeness (QED) is 0.638. The van der Waals surface area contributed by atoms with Gasteiger partial charge in [0.1, 0.15) is 0 Å². The molecular formula is C18H35NO. The predicted molar refractivity (Wildman–Crippen MR) is 86.9 cm³/mol. The van der Waals surface area contributed by atoms with Crippen LogP contribution >= 0.6 is 0 Å². The van der Waals surface area contributed by atoms with Crippen molar-refractivity contribution in [1.29, 1.82) is 0 Å². The largest absolute Gasteiger partial charge is 0.340 e. The third kappa shape index (κ3) is 7.31. The van der Waals surface area contributed by atoms with Gasteiger partial charge in [-0.1, -0.05) is 71.1 Å². The van der Waals surface area contributed by atoms with Gasteiger partial charge in [-0.2, -0.15) is 0 Å². The van der Waals surface area contributed by atoms with Crippen LogP contribution in [0, 0.1) is 0 Å². The van der Waals surface area contributed by atoms with Crippen molar-refractivity contribution in [3.05, 3.63) is 0 Å². The van der Waals surface area contributed by atoms with Crippen LogP contribution in [0.1, 0.15) is 97.3 Å². The maximum absolute atomic E-state index is 11.2. The van der Waals surface area contributed by atoms with Gasteiger partial charge in [0, 0.05) is 19.0 Å². The molecule has 0 bridgehead atoms. The number of nitrogens with zero attached hydrogens (tertiary/aromatic N) is 1. The topological polar surface area (TPSA) is 20.3 Å². The Balaban J connectivity index is 0.000000167. The molecule has 1 aliphatic heterocycles. The molecule has 2 heteroatoms. The minimum Gasteiger partial charge on any atom is -0.340 e. The summed E-state index contributed by atoms with van der Waals surface area (Å²) in [5.74, 6) is 0.310. The minimum absolute atomic E-state index is 0.310. The number of carbonyl (C=O) groups excluding carboxylic acids is 1. The summed E-state index contributed by atoms with van der Waals surface area (Å²) in [5, 5.41) is 0. The Hall–Kier alpha value is -0.530. The maximum Gasteiger partial charge on any atom is 0.222 e. The lowest BCUT2D eigenvalue weighted by atomic mass is 10.2. The molecule has 3 aliphatic rings. The Morgan fingerprint density at radius 3 is 1.50 bits per heavy atom. The molecular weight excluding hydrogens is 246 g/mol. The molecule has 3 rings (SSSR count). The first-order chi connectivity index (χ1) is 9.75. The van der Waals surface area contributed by atoms with Crippen molar-refractivity contribution in [2.75, 3.05) is 6.54 Å². The second-order valence-electron chi connectivity index (χ2n) is 6.47. The molecule has 1 heterocycles. The highest BCUT2D eigenvalue weighted by molar-refractivity contribution is 5.76. The third-order valence-corrected chi connectivity index (χ3v) is 4.68. The van der Waals surface area contributed by atoms with Crippen LogP contribution in [-0.4, -0.2) is 23.4 Å². The highest BCUT2D eigenvalue weighted by Crippen LogP contribution is 2.17. The van der Waals surface area contributed by atoms with Crippen molar-refractivity contribution in [2.24, 2.45) is 0 Å². The monoisotopic (exact) mass is 281 g/mol. The van der Waals surface area contributed by atoms with Crippen molar-refractivity contribution in [1.82, 2.24) is 4.90 Å². The van der Waals surface area contributed by atoms with E-state index in [2.05, 4.69) is 6.92 Å². The fourth-order valence-corrected chi connectivity index (χ4v) is 3.27. The Bertz CT molecular complexity index is 219. The van der Waals surface area contributed by atoms with Crippen molar-refractivity contribution < 1.29 is 4.79 Å². The number of rotatable bonds is 1. The summed E-state index contributed by atoms with van der Waals surface area (Å²) in [6.07, 6.45) is 18.0. The first kappa shape index (κ1) is 17.5. The van der Waals surface area contributed by atoms with Gasteiger partial charge in [-0.25, -0.2) is 0 Å². The van der Waals surface area contributed by atoms with E-state index in [4.69, 9.17) is 0 Å². The van der Waals surface area contributed by atoms with Crippen LogP contribution in [0.25, 0.3) is 0 Å². The molecule has 1 atom stereocenters. The molecule has 118 valence electrons. The zero-order valence-electron chi connectivity index (χ0n) is 13.8. The SMILES string of the molecule is C1CCCC1.C1CCCC1.CCC(=O)N1CCCC1C. The van der Waals surface area contributed by atoms with Crippen LogP contribution in [0.2, 0.25) is 0 Å². The summed E-state index contributed by atoms with van der Waals surface area (Å²) in [6, 6.07) is 0.493. The summed E-state index contributed by atoms with van der Waals surface area (Å²) >= 11 is 0. The van der Waals surface area contributed by atoms with Crippen molar-refractivity contribution in [2.45, 2.75) is 103 Å². The molecule has 2 aliphatic carbocycles. The minimum atomic E-state index is 0.310. The number of carbonyl (C=O) groups is 1. The first-order valence-electron chi connectivity index (χ1n) is 9.05. The fraction of sp³-hybridized carbons (Fsp3) is 0.944. The van der Waals surface area contributed by atoms with Gasteiger partial charge in [0.05, 0.1) is 0 Å². The molecule has 0 aromatic rings. The molecule has 2 nitrogen and oxygen atoms in total. The Morgan fingerprint density at radius 1 is 0.850 bits per heavy atom. The van der Waals surface area contributed by atoms with E-state index in [1.165, 1.54) is 77.0 Å². The molecule has 1 amide bonds. The van der Waals surface area contributed by atoms with E-state index in [0.717, 1.165) is 6.54 Å². The van der Waals surface area contributed by atoms with Crippen LogP contribution in [0.3, 0.4) is 0 Å². The molecule has 2 saturated carbocycles. The van der Waals surface area contributed by atoms with Gasteiger partial charge in [-0.15, -0.1) is 0 Å². The van der Waals surface area contributed by atoms with Gasteiger partial charge < -0.3 is 4.90 Å². The summed E-state index contributed by atoms with van der Waals surface area (Å²) in [5.41, 5.74) is 0. The predicted octanol–water partition coefficient (Wildman–Crippen LogP) is 5.31. The van der Waals surface area contributed by atoms with E-state index < -0.39 is 0 Å². The van der Waals surface area contributed by atoms with Crippen molar-refractivity contribution >= 4 is 5.91 Å². The fourth-order valence-electron chi connectivity index (χ4n) is 3.27. The number of likely N-dealkylation sites (tertiary alicyclic amines) is 1. The smallest absolute Gasteiger partial charge is 0.222 e. The summed E-state index contributed by atoms with van der Waals surface area (Å²) < 4.78 is 0. The van der Waals surface area contributed by atoms with Crippen LogP contribution in [0.5, 0.6) is 0 Å². The molecule has 0 radical (unpaired) electrons. The average Bonchev–Trinajstić information content (AvgIpc) is 3.22. The molecule has 0 N–H and O–H groups in total. The maximum atomic E-state index is 11.2. The summed E-state index contributed by atoms with van der Waals surface area (Å²) in [7, 11) is 0. The summed E-state index contributed by atoms with van der Waals surface area (Å²) in [6.45, 7) is 5.03. The number of hydrogen-bond acceptors (Lipinski definition) is 1. The van der Waals surface area contributed by atoms with Gasteiger partial charge in [0.15, 0.2) is 0 Å². The van der Waals surface area contributed by atoms with Crippen LogP contribution in [-0.2, 0) is 4.79 Å². The number of hydrogen-bond donors (Lipinski definition) is 0. The zero-order valence-corrected chi connectivity index (χ0v) is 13.8.